The Balaban J connectivity index is 2.39. The number of halogens is 3. The zero-order valence-corrected chi connectivity index (χ0v) is 10.4. The van der Waals surface area contributed by atoms with Crippen LogP contribution in [-0.2, 0) is 12.6 Å². The summed E-state index contributed by atoms with van der Waals surface area (Å²) in [6.45, 7) is 3.78. The highest BCUT2D eigenvalue weighted by molar-refractivity contribution is 5.65. The van der Waals surface area contributed by atoms with Gasteiger partial charge in [0, 0.05) is 0 Å². The van der Waals surface area contributed by atoms with E-state index in [9.17, 15) is 13.2 Å². The molecular formula is C16H14F3. The van der Waals surface area contributed by atoms with Crippen LogP contribution < -0.4 is 0 Å². The first-order valence-electron chi connectivity index (χ1n) is 6.06. The Bertz CT molecular complexity index is 556. The van der Waals surface area contributed by atoms with E-state index >= 15 is 0 Å². The molecule has 0 spiro atoms. The molecule has 2 rings (SSSR count). The predicted molar refractivity (Wildman–Crippen MR) is 70.6 cm³/mol. The highest BCUT2D eigenvalue weighted by Crippen LogP contribution is 2.32. The van der Waals surface area contributed by atoms with Crippen molar-refractivity contribution >= 4 is 0 Å². The van der Waals surface area contributed by atoms with E-state index < -0.39 is 11.7 Å². The van der Waals surface area contributed by atoms with Gasteiger partial charge < -0.3 is 0 Å². The largest absolute Gasteiger partial charge is 0.416 e. The fourth-order valence-corrected chi connectivity index (χ4v) is 1.99. The van der Waals surface area contributed by atoms with Crippen LogP contribution in [0.3, 0.4) is 0 Å². The summed E-state index contributed by atoms with van der Waals surface area (Å²) in [6.07, 6.45) is -2.71. The van der Waals surface area contributed by atoms with Crippen molar-refractivity contribution < 1.29 is 13.2 Å². The molecule has 99 valence electrons. The molecule has 0 atom stereocenters. The molecule has 0 fully saturated rings. The van der Waals surface area contributed by atoms with Crippen LogP contribution >= 0.6 is 0 Å². The third kappa shape index (κ3) is 3.37. The molecule has 0 amide bonds. The van der Waals surface area contributed by atoms with Gasteiger partial charge in [-0.1, -0.05) is 43.3 Å². The maximum absolute atomic E-state index is 12.7. The average Bonchev–Trinajstić information content (AvgIpc) is 2.39. The number of rotatable bonds is 3. The van der Waals surface area contributed by atoms with Crippen LogP contribution in [0.5, 0.6) is 0 Å². The molecule has 0 bridgehead atoms. The lowest BCUT2D eigenvalue weighted by atomic mass is 9.99. The second-order valence-corrected chi connectivity index (χ2v) is 4.38. The maximum atomic E-state index is 12.7. The van der Waals surface area contributed by atoms with Gasteiger partial charge in [0.15, 0.2) is 0 Å². The number of hydrogen-bond acceptors (Lipinski definition) is 0. The van der Waals surface area contributed by atoms with Crippen molar-refractivity contribution in [3.63, 3.8) is 0 Å². The Labute approximate surface area is 110 Å². The van der Waals surface area contributed by atoms with E-state index in [2.05, 4.69) is 6.92 Å². The summed E-state index contributed by atoms with van der Waals surface area (Å²) in [4.78, 5) is 0. The van der Waals surface area contributed by atoms with Crippen molar-refractivity contribution in [3.05, 3.63) is 66.6 Å². The summed E-state index contributed by atoms with van der Waals surface area (Å²) >= 11 is 0. The van der Waals surface area contributed by atoms with Gasteiger partial charge >= 0.3 is 6.18 Å². The zero-order chi connectivity index (χ0) is 13.9. The molecule has 3 heteroatoms. The normalized spacial score (nSPS) is 11.6. The number of benzene rings is 2. The topological polar surface area (TPSA) is 0 Å². The molecule has 1 radical (unpaired) electrons. The Morgan fingerprint density at radius 2 is 1.53 bits per heavy atom. The Morgan fingerprint density at radius 3 is 2.16 bits per heavy atom. The third-order valence-corrected chi connectivity index (χ3v) is 2.92. The molecule has 0 nitrogen and oxygen atoms in total. The lowest BCUT2D eigenvalue weighted by Gasteiger charge is -2.09. The molecule has 0 aromatic heterocycles. The number of alkyl halides is 3. The first-order chi connectivity index (χ1) is 9.00. The van der Waals surface area contributed by atoms with Gasteiger partial charge in [-0.25, -0.2) is 0 Å². The summed E-state index contributed by atoms with van der Waals surface area (Å²) in [5, 5.41) is 0. The highest BCUT2D eigenvalue weighted by Gasteiger charge is 2.30. The molecule has 0 N–H and O–H groups in total. The van der Waals surface area contributed by atoms with Crippen molar-refractivity contribution in [1.29, 1.82) is 0 Å². The lowest BCUT2D eigenvalue weighted by molar-refractivity contribution is -0.137. The molecule has 2 aromatic rings. The van der Waals surface area contributed by atoms with Gasteiger partial charge in [-0.2, -0.15) is 13.2 Å². The van der Waals surface area contributed by atoms with Gasteiger partial charge in [0.05, 0.1) is 5.56 Å². The standard InChI is InChI=1S/C16H14F3/c1-2-5-12-6-3-7-13(10-12)14-8-4-9-15(11-14)16(17,18)19/h3-4,6-11H,1-2,5H2. The quantitative estimate of drug-likeness (QED) is 0.719. The van der Waals surface area contributed by atoms with E-state index in [1.54, 1.807) is 6.07 Å². The van der Waals surface area contributed by atoms with Crippen LogP contribution in [0.4, 0.5) is 13.2 Å². The fraction of sp³-hybridized carbons (Fsp3) is 0.188. The maximum Gasteiger partial charge on any atom is 0.416 e. The van der Waals surface area contributed by atoms with E-state index in [4.69, 9.17) is 0 Å². The molecule has 0 unspecified atom stereocenters. The molecule has 2 aromatic carbocycles. The SMILES string of the molecule is [CH2]CCc1cccc(-c2cccc(C(F)(F)F)c2)c1. The van der Waals surface area contributed by atoms with Crippen LogP contribution in [0.2, 0.25) is 0 Å². The van der Waals surface area contributed by atoms with Crippen molar-refractivity contribution in [2.75, 3.05) is 0 Å². The Kier molecular flexibility index (Phi) is 3.93. The van der Waals surface area contributed by atoms with E-state index in [1.165, 1.54) is 12.1 Å². The van der Waals surface area contributed by atoms with Gasteiger partial charge in [0.2, 0.25) is 0 Å². The van der Waals surface area contributed by atoms with Gasteiger partial charge in [-0.3, -0.25) is 0 Å². The molecule has 0 saturated carbocycles. The van der Waals surface area contributed by atoms with E-state index in [0.717, 1.165) is 30.0 Å². The summed E-state index contributed by atoms with van der Waals surface area (Å²) in [7, 11) is 0. The molecule has 0 aliphatic carbocycles. The minimum atomic E-state index is -4.30. The number of hydrogen-bond donors (Lipinski definition) is 0. The summed E-state index contributed by atoms with van der Waals surface area (Å²) < 4.78 is 38.0. The molecule has 19 heavy (non-hydrogen) atoms. The molecule has 0 aliphatic heterocycles. The van der Waals surface area contributed by atoms with E-state index in [1.807, 2.05) is 24.3 Å². The average molecular weight is 263 g/mol. The molecule has 0 heterocycles. The lowest BCUT2D eigenvalue weighted by Crippen LogP contribution is -2.04. The monoisotopic (exact) mass is 263 g/mol. The van der Waals surface area contributed by atoms with Crippen molar-refractivity contribution in [2.24, 2.45) is 0 Å². The van der Waals surface area contributed by atoms with E-state index in [-0.39, 0.29) is 0 Å². The smallest absolute Gasteiger partial charge is 0.166 e. The predicted octanol–water partition coefficient (Wildman–Crippen LogP) is 5.14. The highest BCUT2D eigenvalue weighted by atomic mass is 19.4. The molecular weight excluding hydrogens is 249 g/mol. The van der Waals surface area contributed by atoms with Gasteiger partial charge in [-0.15, -0.1) is 0 Å². The first kappa shape index (κ1) is 13.7. The third-order valence-electron chi connectivity index (χ3n) is 2.92. The van der Waals surface area contributed by atoms with Crippen LogP contribution in [0, 0.1) is 6.92 Å². The van der Waals surface area contributed by atoms with Crippen molar-refractivity contribution in [1.82, 2.24) is 0 Å². The van der Waals surface area contributed by atoms with Gasteiger partial charge in [0.1, 0.15) is 0 Å². The molecule has 0 aliphatic rings. The Morgan fingerprint density at radius 1 is 0.895 bits per heavy atom. The fourth-order valence-electron chi connectivity index (χ4n) is 1.99. The minimum absolute atomic E-state index is 0.584. The van der Waals surface area contributed by atoms with Crippen LogP contribution in [0.25, 0.3) is 11.1 Å². The van der Waals surface area contributed by atoms with Gasteiger partial charge in [0.25, 0.3) is 0 Å². The van der Waals surface area contributed by atoms with Crippen LogP contribution in [-0.4, -0.2) is 0 Å². The van der Waals surface area contributed by atoms with Crippen LogP contribution in [0.1, 0.15) is 17.5 Å². The second-order valence-electron chi connectivity index (χ2n) is 4.38. The Hall–Kier alpha value is -1.77. The zero-order valence-electron chi connectivity index (χ0n) is 10.4. The first-order valence-corrected chi connectivity index (χ1v) is 6.06. The van der Waals surface area contributed by atoms with Crippen molar-refractivity contribution in [2.45, 2.75) is 19.0 Å². The number of aryl methyl sites for hydroxylation is 1. The van der Waals surface area contributed by atoms with Crippen molar-refractivity contribution in [3.8, 4) is 11.1 Å². The van der Waals surface area contributed by atoms with Crippen LogP contribution in [0.15, 0.2) is 48.5 Å². The second kappa shape index (κ2) is 5.47. The molecule has 0 saturated heterocycles. The summed E-state index contributed by atoms with van der Waals surface area (Å²) in [5.74, 6) is 0. The minimum Gasteiger partial charge on any atom is -0.166 e. The van der Waals surface area contributed by atoms with Gasteiger partial charge in [-0.05, 0) is 41.7 Å². The summed E-state index contributed by atoms with van der Waals surface area (Å²) in [5.41, 5.74) is 1.86. The van der Waals surface area contributed by atoms with E-state index in [0.29, 0.717) is 5.56 Å². The summed E-state index contributed by atoms with van der Waals surface area (Å²) in [6, 6.07) is 13.0.